The quantitative estimate of drug-likeness (QED) is 0.561. The minimum atomic E-state index is 0.111. The molecule has 0 amide bonds. The molecule has 0 aliphatic heterocycles. The lowest BCUT2D eigenvalue weighted by Crippen LogP contribution is -2.28. The molecular formula is C15H26N2O2. The Bertz CT molecular complexity index is 380. The average molecular weight is 266 g/mol. The molecule has 1 unspecified atom stereocenters. The van der Waals surface area contributed by atoms with Crippen LogP contribution in [0.3, 0.4) is 0 Å². The zero-order valence-electron chi connectivity index (χ0n) is 12.4. The minimum Gasteiger partial charge on any atom is -0.497 e. The molecule has 0 bridgehead atoms. The molecule has 3 N–H and O–H groups in total. The first-order valence-electron chi connectivity index (χ1n) is 6.80. The zero-order valence-corrected chi connectivity index (χ0v) is 12.4. The van der Waals surface area contributed by atoms with Gasteiger partial charge in [-0.15, -0.1) is 0 Å². The van der Waals surface area contributed by atoms with Gasteiger partial charge in [-0.05, 0) is 18.4 Å². The van der Waals surface area contributed by atoms with E-state index in [2.05, 4.69) is 19.3 Å². The third-order valence-corrected chi connectivity index (χ3v) is 3.29. The van der Waals surface area contributed by atoms with Crippen LogP contribution in [-0.2, 0) is 0 Å². The molecule has 0 spiro atoms. The Hall–Kier alpha value is -1.26. The Balaban J connectivity index is 2.79. The Labute approximate surface area is 116 Å². The second-order valence-corrected chi connectivity index (χ2v) is 5.15. The fourth-order valence-electron chi connectivity index (χ4n) is 2.17. The summed E-state index contributed by atoms with van der Waals surface area (Å²) >= 11 is 0. The molecule has 1 atom stereocenters. The van der Waals surface area contributed by atoms with Crippen molar-refractivity contribution in [2.45, 2.75) is 39.2 Å². The zero-order chi connectivity index (χ0) is 14.3. The standard InChI is InChI=1S/C15H26N2O2/c1-11(2)6-5-7-14(17-16)13-9-8-12(18-3)10-15(13)19-4/h8-11,14,17H,5-7,16H2,1-4H3. The van der Waals surface area contributed by atoms with Crippen LogP contribution in [0, 0.1) is 5.92 Å². The summed E-state index contributed by atoms with van der Waals surface area (Å²) in [5.41, 5.74) is 3.96. The lowest BCUT2D eigenvalue weighted by atomic mass is 9.97. The van der Waals surface area contributed by atoms with E-state index in [1.54, 1.807) is 14.2 Å². The van der Waals surface area contributed by atoms with E-state index in [4.69, 9.17) is 15.3 Å². The van der Waals surface area contributed by atoms with Gasteiger partial charge in [-0.2, -0.15) is 0 Å². The molecule has 0 fully saturated rings. The summed E-state index contributed by atoms with van der Waals surface area (Å²) < 4.78 is 10.6. The third kappa shape index (κ3) is 4.73. The topological polar surface area (TPSA) is 56.5 Å². The van der Waals surface area contributed by atoms with E-state index >= 15 is 0 Å². The number of ether oxygens (including phenoxy) is 2. The highest BCUT2D eigenvalue weighted by molar-refractivity contribution is 5.42. The molecule has 0 heterocycles. The SMILES string of the molecule is COc1ccc(C(CCCC(C)C)NN)c(OC)c1. The summed E-state index contributed by atoms with van der Waals surface area (Å²) in [7, 11) is 3.32. The van der Waals surface area contributed by atoms with Crippen molar-refractivity contribution in [2.24, 2.45) is 11.8 Å². The maximum atomic E-state index is 5.68. The molecule has 4 heteroatoms. The number of hydrogen-bond acceptors (Lipinski definition) is 4. The van der Waals surface area contributed by atoms with Crippen LogP contribution in [0.2, 0.25) is 0 Å². The number of hydrogen-bond donors (Lipinski definition) is 2. The van der Waals surface area contributed by atoms with Gasteiger partial charge in [0, 0.05) is 17.7 Å². The average Bonchev–Trinajstić information content (AvgIpc) is 2.42. The predicted octanol–water partition coefficient (Wildman–Crippen LogP) is 3.03. The number of methoxy groups -OCH3 is 2. The van der Waals surface area contributed by atoms with E-state index < -0.39 is 0 Å². The fourth-order valence-corrected chi connectivity index (χ4v) is 2.17. The lowest BCUT2D eigenvalue weighted by molar-refractivity contribution is 0.378. The number of benzene rings is 1. The van der Waals surface area contributed by atoms with Crippen LogP contribution < -0.4 is 20.7 Å². The molecule has 1 aromatic rings. The van der Waals surface area contributed by atoms with Crippen molar-refractivity contribution in [1.29, 1.82) is 0 Å². The van der Waals surface area contributed by atoms with Crippen LogP contribution >= 0.6 is 0 Å². The first-order valence-corrected chi connectivity index (χ1v) is 6.80. The molecule has 0 aliphatic rings. The third-order valence-electron chi connectivity index (χ3n) is 3.29. The highest BCUT2D eigenvalue weighted by Gasteiger charge is 2.15. The van der Waals surface area contributed by atoms with Gasteiger partial charge in [0.25, 0.3) is 0 Å². The van der Waals surface area contributed by atoms with Crippen molar-refractivity contribution >= 4 is 0 Å². The largest absolute Gasteiger partial charge is 0.497 e. The normalized spacial score (nSPS) is 12.5. The van der Waals surface area contributed by atoms with Crippen LogP contribution in [-0.4, -0.2) is 14.2 Å². The first kappa shape index (κ1) is 15.8. The highest BCUT2D eigenvalue weighted by Crippen LogP contribution is 2.31. The maximum Gasteiger partial charge on any atom is 0.127 e. The highest BCUT2D eigenvalue weighted by atomic mass is 16.5. The molecule has 1 rings (SSSR count). The summed E-state index contributed by atoms with van der Waals surface area (Å²) in [5, 5.41) is 0. The van der Waals surface area contributed by atoms with E-state index in [9.17, 15) is 0 Å². The van der Waals surface area contributed by atoms with Gasteiger partial charge in [-0.25, -0.2) is 0 Å². The van der Waals surface area contributed by atoms with E-state index in [1.165, 1.54) is 6.42 Å². The lowest BCUT2D eigenvalue weighted by Gasteiger charge is -2.20. The monoisotopic (exact) mass is 266 g/mol. The van der Waals surface area contributed by atoms with Crippen LogP contribution in [0.25, 0.3) is 0 Å². The van der Waals surface area contributed by atoms with E-state index in [-0.39, 0.29) is 6.04 Å². The molecule has 0 aromatic heterocycles. The molecule has 4 nitrogen and oxygen atoms in total. The Morgan fingerprint density at radius 3 is 2.42 bits per heavy atom. The smallest absolute Gasteiger partial charge is 0.127 e. The Morgan fingerprint density at radius 2 is 1.89 bits per heavy atom. The molecule has 0 saturated carbocycles. The van der Waals surface area contributed by atoms with E-state index in [1.807, 2.05) is 18.2 Å². The van der Waals surface area contributed by atoms with Crippen molar-refractivity contribution in [1.82, 2.24) is 5.43 Å². The number of nitrogens with two attached hydrogens (primary N) is 1. The second-order valence-electron chi connectivity index (χ2n) is 5.15. The predicted molar refractivity (Wildman–Crippen MR) is 78.3 cm³/mol. The Morgan fingerprint density at radius 1 is 1.16 bits per heavy atom. The van der Waals surface area contributed by atoms with Gasteiger partial charge in [-0.3, -0.25) is 11.3 Å². The molecule has 0 aliphatic carbocycles. The molecule has 0 saturated heterocycles. The maximum absolute atomic E-state index is 5.68. The van der Waals surface area contributed by atoms with Crippen LogP contribution in [0.4, 0.5) is 0 Å². The number of nitrogens with one attached hydrogen (secondary N) is 1. The fraction of sp³-hybridized carbons (Fsp3) is 0.600. The van der Waals surface area contributed by atoms with E-state index in [0.29, 0.717) is 0 Å². The van der Waals surface area contributed by atoms with E-state index in [0.717, 1.165) is 35.8 Å². The van der Waals surface area contributed by atoms with Gasteiger partial charge in [0.2, 0.25) is 0 Å². The summed E-state index contributed by atoms with van der Waals surface area (Å²) in [6, 6.07) is 5.95. The number of rotatable bonds is 8. The molecule has 0 radical (unpaired) electrons. The van der Waals surface area contributed by atoms with Crippen molar-refractivity contribution in [3.05, 3.63) is 23.8 Å². The van der Waals surface area contributed by atoms with Crippen LogP contribution in [0.15, 0.2) is 18.2 Å². The summed E-state index contributed by atoms with van der Waals surface area (Å²) in [6.07, 6.45) is 3.34. The summed E-state index contributed by atoms with van der Waals surface area (Å²) in [4.78, 5) is 0. The van der Waals surface area contributed by atoms with Crippen LogP contribution in [0.5, 0.6) is 11.5 Å². The van der Waals surface area contributed by atoms with Gasteiger partial charge in [-0.1, -0.05) is 32.8 Å². The second kappa shape index (κ2) is 8.02. The minimum absolute atomic E-state index is 0.111. The van der Waals surface area contributed by atoms with Gasteiger partial charge < -0.3 is 9.47 Å². The van der Waals surface area contributed by atoms with Gasteiger partial charge in [0.05, 0.1) is 14.2 Å². The van der Waals surface area contributed by atoms with Gasteiger partial charge in [0.15, 0.2) is 0 Å². The number of hydrazine groups is 1. The summed E-state index contributed by atoms with van der Waals surface area (Å²) in [6.45, 7) is 4.47. The van der Waals surface area contributed by atoms with Gasteiger partial charge >= 0.3 is 0 Å². The Kier molecular flexibility index (Phi) is 6.67. The molecule has 108 valence electrons. The van der Waals surface area contributed by atoms with Crippen molar-refractivity contribution < 1.29 is 9.47 Å². The molecular weight excluding hydrogens is 240 g/mol. The first-order chi connectivity index (χ1) is 9.12. The summed E-state index contributed by atoms with van der Waals surface area (Å²) in [5.74, 6) is 8.00. The van der Waals surface area contributed by atoms with Crippen molar-refractivity contribution in [2.75, 3.05) is 14.2 Å². The van der Waals surface area contributed by atoms with Gasteiger partial charge in [0.1, 0.15) is 11.5 Å². The molecule has 1 aromatic carbocycles. The molecule has 19 heavy (non-hydrogen) atoms. The van der Waals surface area contributed by atoms with Crippen molar-refractivity contribution in [3.8, 4) is 11.5 Å². The van der Waals surface area contributed by atoms with Crippen molar-refractivity contribution in [3.63, 3.8) is 0 Å². The van der Waals surface area contributed by atoms with Crippen LogP contribution in [0.1, 0.15) is 44.7 Å².